The molecule has 6 heteroatoms. The lowest BCUT2D eigenvalue weighted by atomic mass is 9.88. The maximum Gasteiger partial charge on any atom is 0.307 e. The third-order valence-electron chi connectivity index (χ3n) is 9.90. The maximum atomic E-state index is 10.8. The predicted molar refractivity (Wildman–Crippen MR) is 166 cm³/mol. The van der Waals surface area contributed by atoms with Crippen LogP contribution in [0, 0.1) is 11.8 Å². The van der Waals surface area contributed by atoms with Crippen LogP contribution in [0.2, 0.25) is 36.3 Å². The van der Waals surface area contributed by atoms with E-state index in [1.54, 1.807) is 11.6 Å². The van der Waals surface area contributed by atoms with Crippen molar-refractivity contribution in [3.8, 4) is 0 Å². The first-order valence-electron chi connectivity index (χ1n) is 15.5. The van der Waals surface area contributed by atoms with Gasteiger partial charge in [-0.05, 0) is 99.3 Å². The van der Waals surface area contributed by atoms with Gasteiger partial charge in [0, 0.05) is 12.0 Å². The normalized spacial score (nSPS) is 21.7. The van der Waals surface area contributed by atoms with E-state index in [2.05, 4.69) is 66.4 Å². The lowest BCUT2D eigenvalue weighted by Crippen LogP contribution is -2.45. The smallest absolute Gasteiger partial charge is 0.307 e. The van der Waals surface area contributed by atoms with Crippen molar-refractivity contribution in [2.75, 3.05) is 0 Å². The minimum atomic E-state index is -1.83. The summed E-state index contributed by atoms with van der Waals surface area (Å²) in [6.07, 6.45) is 17.4. The fraction of sp³-hybridized carbons (Fsp3) is 0.812. The molecule has 0 radical (unpaired) electrons. The van der Waals surface area contributed by atoms with Crippen LogP contribution in [0.25, 0.3) is 0 Å². The Balaban J connectivity index is 2.16. The second kappa shape index (κ2) is 15.2. The molecule has 3 atom stereocenters. The number of hydrogen-bond donors (Lipinski definition) is 1. The fourth-order valence-corrected chi connectivity index (χ4v) is 10.4. The van der Waals surface area contributed by atoms with Gasteiger partial charge in [0.1, 0.15) is 0 Å². The van der Waals surface area contributed by atoms with Crippen LogP contribution >= 0.6 is 0 Å². The van der Waals surface area contributed by atoms with Gasteiger partial charge in [0.05, 0.1) is 12.5 Å². The molecule has 0 aliphatic heterocycles. The molecular formula is C32H58O4Si2. The summed E-state index contributed by atoms with van der Waals surface area (Å²) in [5.74, 6) is 0.345. The van der Waals surface area contributed by atoms with Gasteiger partial charge in [-0.15, -0.1) is 5.73 Å². The van der Waals surface area contributed by atoms with Crippen molar-refractivity contribution < 1.29 is 18.8 Å². The Bertz CT molecular complexity index is 817. The van der Waals surface area contributed by atoms with Crippen molar-refractivity contribution in [1.29, 1.82) is 0 Å². The van der Waals surface area contributed by atoms with E-state index in [1.165, 1.54) is 43.8 Å². The summed E-state index contributed by atoms with van der Waals surface area (Å²) in [5, 5.41) is 9.10. The van der Waals surface area contributed by atoms with Crippen LogP contribution in [-0.2, 0) is 13.6 Å². The standard InChI is InChI=1S/C32H58O4Si2/c1-9-38(10-2,11-3)36-30-25-23-26(28(30)20-14-12-13-15-21-31(33)34)22-24-29(27-18-16-17-19-27)35-37(7,8)32(4,5)6/h12,15,23,27-30H,9-11,14,16-22,24-25H2,1-8H3,(H,33,34)/t13?,28-,29?,30?/m1/s1. The molecule has 0 bridgehead atoms. The molecule has 0 spiro atoms. The Morgan fingerprint density at radius 1 is 1.13 bits per heavy atom. The third kappa shape index (κ3) is 9.62. The van der Waals surface area contributed by atoms with Gasteiger partial charge in [0.25, 0.3) is 0 Å². The molecule has 0 amide bonds. The van der Waals surface area contributed by atoms with Crippen LogP contribution in [-0.4, -0.2) is 39.9 Å². The van der Waals surface area contributed by atoms with Gasteiger partial charge < -0.3 is 14.0 Å². The summed E-state index contributed by atoms with van der Waals surface area (Å²) in [4.78, 5) is 10.8. The minimum Gasteiger partial charge on any atom is -0.481 e. The molecule has 0 aromatic rings. The quantitative estimate of drug-likeness (QED) is 0.116. The van der Waals surface area contributed by atoms with E-state index in [1.807, 2.05) is 6.08 Å². The van der Waals surface area contributed by atoms with Crippen LogP contribution in [0.3, 0.4) is 0 Å². The highest BCUT2D eigenvalue weighted by atomic mass is 28.4. The minimum absolute atomic E-state index is 0.0330. The van der Waals surface area contributed by atoms with Gasteiger partial charge in [-0.1, -0.05) is 66.0 Å². The molecule has 2 aliphatic rings. The SMILES string of the molecule is CC[Si](CC)(CC)OC1CC=C(CCC(O[Si](C)(C)C(C)(C)C)C2CCCC2)[C@H]1CCC=C=CCC(=O)O. The predicted octanol–water partition coefficient (Wildman–Crippen LogP) is 9.65. The summed E-state index contributed by atoms with van der Waals surface area (Å²) in [7, 11) is -3.52. The first-order chi connectivity index (χ1) is 17.9. The van der Waals surface area contributed by atoms with Gasteiger partial charge in [0.2, 0.25) is 0 Å². The monoisotopic (exact) mass is 562 g/mol. The molecule has 2 aliphatic carbocycles. The van der Waals surface area contributed by atoms with Gasteiger partial charge in [-0.25, -0.2) is 0 Å². The van der Waals surface area contributed by atoms with E-state index in [0.717, 1.165) is 32.1 Å². The Hall–Kier alpha value is -0.916. The number of rotatable bonds is 16. The lowest BCUT2D eigenvalue weighted by Gasteiger charge is -2.41. The van der Waals surface area contributed by atoms with Crippen molar-refractivity contribution in [1.82, 2.24) is 0 Å². The number of carboxylic acid groups (broad SMARTS) is 1. The summed E-state index contributed by atoms with van der Waals surface area (Å²) < 4.78 is 14.2. The zero-order chi connectivity index (χ0) is 28.4. The highest BCUT2D eigenvalue weighted by Gasteiger charge is 2.42. The van der Waals surface area contributed by atoms with E-state index in [-0.39, 0.29) is 11.5 Å². The molecule has 218 valence electrons. The van der Waals surface area contributed by atoms with Gasteiger partial charge in [0.15, 0.2) is 16.6 Å². The van der Waals surface area contributed by atoms with Crippen molar-refractivity contribution in [2.45, 2.75) is 154 Å². The number of carbonyl (C=O) groups is 1. The zero-order valence-electron chi connectivity index (χ0n) is 25.9. The molecule has 0 saturated heterocycles. The average molecular weight is 563 g/mol. The Morgan fingerprint density at radius 2 is 1.76 bits per heavy atom. The largest absolute Gasteiger partial charge is 0.481 e. The molecule has 2 rings (SSSR count). The summed E-state index contributed by atoms with van der Waals surface area (Å²) >= 11 is 0. The topological polar surface area (TPSA) is 55.8 Å². The highest BCUT2D eigenvalue weighted by Crippen LogP contribution is 2.43. The summed E-state index contributed by atoms with van der Waals surface area (Å²) in [6.45, 7) is 18.8. The van der Waals surface area contributed by atoms with E-state index < -0.39 is 22.6 Å². The van der Waals surface area contributed by atoms with Crippen molar-refractivity contribution in [3.05, 3.63) is 29.5 Å². The van der Waals surface area contributed by atoms with E-state index in [4.69, 9.17) is 14.0 Å². The molecule has 0 aromatic heterocycles. The molecule has 0 aromatic carbocycles. The van der Waals surface area contributed by atoms with E-state index in [0.29, 0.717) is 24.0 Å². The number of carboxylic acids is 1. The highest BCUT2D eigenvalue weighted by molar-refractivity contribution is 6.74. The lowest BCUT2D eigenvalue weighted by molar-refractivity contribution is -0.136. The molecule has 2 unspecified atom stereocenters. The van der Waals surface area contributed by atoms with Gasteiger partial charge >= 0.3 is 5.97 Å². The van der Waals surface area contributed by atoms with Crippen LogP contribution < -0.4 is 0 Å². The third-order valence-corrected chi connectivity index (χ3v) is 19.1. The summed E-state index contributed by atoms with van der Waals surface area (Å²) in [6, 6.07) is 3.54. The van der Waals surface area contributed by atoms with Crippen molar-refractivity contribution in [3.63, 3.8) is 0 Å². The van der Waals surface area contributed by atoms with Crippen molar-refractivity contribution >= 4 is 22.6 Å². The molecule has 1 saturated carbocycles. The van der Waals surface area contributed by atoms with Crippen LogP contribution in [0.15, 0.2) is 29.5 Å². The fourth-order valence-electron chi connectivity index (χ4n) is 6.09. The van der Waals surface area contributed by atoms with E-state index in [9.17, 15) is 4.79 Å². The second-order valence-corrected chi connectivity index (χ2v) is 22.8. The molecule has 38 heavy (non-hydrogen) atoms. The number of hydrogen-bond acceptors (Lipinski definition) is 3. The average Bonchev–Trinajstić information content (AvgIpc) is 3.52. The first kappa shape index (κ1) is 33.3. The number of aliphatic carboxylic acids is 1. The Kier molecular flexibility index (Phi) is 13.3. The first-order valence-corrected chi connectivity index (χ1v) is 21.0. The molecular weight excluding hydrogens is 505 g/mol. The molecule has 1 fully saturated rings. The molecule has 1 N–H and O–H groups in total. The molecule has 4 nitrogen and oxygen atoms in total. The van der Waals surface area contributed by atoms with E-state index >= 15 is 0 Å². The zero-order valence-corrected chi connectivity index (χ0v) is 27.9. The second-order valence-electron chi connectivity index (χ2n) is 13.3. The van der Waals surface area contributed by atoms with Gasteiger partial charge in [-0.3, -0.25) is 4.79 Å². The maximum absolute atomic E-state index is 10.8. The van der Waals surface area contributed by atoms with Crippen LogP contribution in [0.4, 0.5) is 0 Å². The van der Waals surface area contributed by atoms with Crippen molar-refractivity contribution in [2.24, 2.45) is 11.8 Å². The van der Waals surface area contributed by atoms with Crippen LogP contribution in [0.1, 0.15) is 106 Å². The van der Waals surface area contributed by atoms with Crippen LogP contribution in [0.5, 0.6) is 0 Å². The summed E-state index contributed by atoms with van der Waals surface area (Å²) in [5.41, 5.74) is 4.66. The Morgan fingerprint density at radius 3 is 2.32 bits per heavy atom. The molecule has 0 heterocycles. The van der Waals surface area contributed by atoms with Gasteiger partial charge in [-0.2, -0.15) is 0 Å². The Labute approximate surface area is 236 Å².